The van der Waals surface area contributed by atoms with Crippen molar-refractivity contribution in [2.24, 2.45) is 5.73 Å². The van der Waals surface area contributed by atoms with Gasteiger partial charge < -0.3 is 36.9 Å². The van der Waals surface area contributed by atoms with Crippen LogP contribution in [0.15, 0.2) is 60.8 Å². The maximum absolute atomic E-state index is 13.3. The Morgan fingerprint density at radius 3 is 2.11 bits per heavy atom. The van der Waals surface area contributed by atoms with Crippen LogP contribution in [0, 0.1) is 0 Å². The number of carbonyl (C=O) groups excluding carboxylic acids is 3. The third-order valence-electron chi connectivity index (χ3n) is 6.11. The van der Waals surface area contributed by atoms with Crippen molar-refractivity contribution in [2.75, 3.05) is 0 Å². The lowest BCUT2D eigenvalue weighted by molar-refractivity contribution is -0.143. The summed E-state index contributed by atoms with van der Waals surface area (Å²) in [6.07, 6.45) is 0.454. The number of benzene rings is 2. The van der Waals surface area contributed by atoms with Crippen molar-refractivity contribution >= 4 is 34.6 Å². The Morgan fingerprint density at radius 1 is 0.842 bits per heavy atom. The summed E-state index contributed by atoms with van der Waals surface area (Å²) in [5.74, 6) is -3.45. The molecule has 0 aliphatic rings. The number of aliphatic hydroxyl groups excluding tert-OH is 1. The number of aromatic nitrogens is 1. The number of aromatic amines is 1. The first-order valence-corrected chi connectivity index (χ1v) is 12.2. The summed E-state index contributed by atoms with van der Waals surface area (Å²) >= 11 is 0. The van der Waals surface area contributed by atoms with E-state index in [4.69, 9.17) is 5.73 Å². The number of H-pyrrole nitrogens is 1. The highest BCUT2D eigenvalue weighted by atomic mass is 16.4. The molecule has 0 spiro atoms. The molecule has 5 atom stereocenters. The van der Waals surface area contributed by atoms with Crippen molar-refractivity contribution in [3.63, 3.8) is 0 Å². The van der Waals surface area contributed by atoms with Gasteiger partial charge >= 0.3 is 5.97 Å². The zero-order valence-electron chi connectivity index (χ0n) is 21.2. The molecule has 5 unspecified atom stereocenters. The van der Waals surface area contributed by atoms with Crippen LogP contribution >= 0.6 is 0 Å². The van der Waals surface area contributed by atoms with Crippen LogP contribution in [0.2, 0.25) is 0 Å². The summed E-state index contributed by atoms with van der Waals surface area (Å²) in [6, 6.07) is 11.4. The largest absolute Gasteiger partial charge is 0.480 e. The van der Waals surface area contributed by atoms with E-state index in [0.29, 0.717) is 5.56 Å². The second-order valence-electron chi connectivity index (χ2n) is 9.23. The van der Waals surface area contributed by atoms with Gasteiger partial charge in [0.2, 0.25) is 17.7 Å². The minimum atomic E-state index is -1.47. The van der Waals surface area contributed by atoms with Crippen LogP contribution in [0.3, 0.4) is 0 Å². The van der Waals surface area contributed by atoms with E-state index in [-0.39, 0.29) is 12.8 Å². The molecule has 0 saturated carbocycles. The van der Waals surface area contributed by atoms with Gasteiger partial charge in [-0.05, 0) is 31.0 Å². The second kappa shape index (κ2) is 12.8. The molecule has 0 saturated heterocycles. The average Bonchev–Trinajstić information content (AvgIpc) is 3.29. The van der Waals surface area contributed by atoms with Gasteiger partial charge in [-0.15, -0.1) is 0 Å². The predicted octanol–water partition coefficient (Wildman–Crippen LogP) is 0.220. The monoisotopic (exact) mass is 523 g/mol. The number of carboxylic acid groups (broad SMARTS) is 1. The van der Waals surface area contributed by atoms with Gasteiger partial charge in [-0.25, -0.2) is 4.79 Å². The number of nitrogens with two attached hydrogens (primary N) is 1. The zero-order chi connectivity index (χ0) is 27.8. The third-order valence-corrected chi connectivity index (χ3v) is 6.11. The fraction of sp³-hybridized carbons (Fsp3) is 0.333. The number of amides is 3. The van der Waals surface area contributed by atoms with Gasteiger partial charge in [-0.3, -0.25) is 14.4 Å². The number of carboxylic acids is 1. The normalized spacial score (nSPS) is 15.1. The molecule has 0 aliphatic heterocycles. The van der Waals surface area contributed by atoms with Crippen LogP contribution in [-0.4, -0.2) is 69.2 Å². The van der Waals surface area contributed by atoms with E-state index < -0.39 is 54.0 Å². The van der Waals surface area contributed by atoms with E-state index in [0.717, 1.165) is 16.5 Å². The maximum Gasteiger partial charge on any atom is 0.326 e. The molecule has 3 aromatic rings. The van der Waals surface area contributed by atoms with Crippen molar-refractivity contribution < 1.29 is 29.4 Å². The van der Waals surface area contributed by atoms with E-state index in [1.807, 2.05) is 24.3 Å². The Hall–Kier alpha value is -4.22. The summed E-state index contributed by atoms with van der Waals surface area (Å²) < 4.78 is 0. The smallest absolute Gasteiger partial charge is 0.326 e. The molecule has 0 fully saturated rings. The molecule has 1 aromatic heterocycles. The highest BCUT2D eigenvalue weighted by molar-refractivity contribution is 5.95. The van der Waals surface area contributed by atoms with Crippen molar-refractivity contribution in [2.45, 2.75) is 57.0 Å². The predicted molar refractivity (Wildman–Crippen MR) is 141 cm³/mol. The summed E-state index contributed by atoms with van der Waals surface area (Å²) in [7, 11) is 0. The summed E-state index contributed by atoms with van der Waals surface area (Å²) in [6.45, 7) is 2.77. The van der Waals surface area contributed by atoms with Gasteiger partial charge in [0.1, 0.15) is 18.1 Å². The molecular formula is C27H33N5O6. The Balaban J connectivity index is 1.78. The van der Waals surface area contributed by atoms with Crippen molar-refractivity contribution in [3.8, 4) is 0 Å². The number of hydrogen-bond donors (Lipinski definition) is 7. The maximum atomic E-state index is 13.3. The molecule has 3 rings (SSSR count). The van der Waals surface area contributed by atoms with Crippen LogP contribution in [0.4, 0.5) is 0 Å². The van der Waals surface area contributed by atoms with Crippen molar-refractivity contribution in [3.05, 3.63) is 71.9 Å². The molecule has 1 heterocycles. The van der Waals surface area contributed by atoms with E-state index in [9.17, 15) is 29.4 Å². The molecule has 3 amide bonds. The number of carbonyl (C=O) groups is 4. The number of aliphatic carboxylic acids is 1. The summed E-state index contributed by atoms with van der Waals surface area (Å²) in [4.78, 5) is 53.6. The number of rotatable bonds is 12. The topological polar surface area (TPSA) is 187 Å². The average molecular weight is 524 g/mol. The highest BCUT2D eigenvalue weighted by Crippen LogP contribution is 2.19. The summed E-state index contributed by atoms with van der Waals surface area (Å²) in [5.41, 5.74) is 7.97. The SMILES string of the molecule is CC(N)C(=O)NC(Cc1c[nH]c2ccccc12)C(=O)NC(C(=O)NC(Cc1ccccc1)C(=O)O)C(C)O. The van der Waals surface area contributed by atoms with E-state index >= 15 is 0 Å². The highest BCUT2D eigenvalue weighted by Gasteiger charge is 2.33. The van der Waals surface area contributed by atoms with Crippen LogP contribution < -0.4 is 21.7 Å². The molecule has 202 valence electrons. The molecular weight excluding hydrogens is 490 g/mol. The van der Waals surface area contributed by atoms with Gasteiger partial charge in [-0.2, -0.15) is 0 Å². The number of para-hydroxylation sites is 1. The fourth-order valence-corrected chi connectivity index (χ4v) is 4.00. The lowest BCUT2D eigenvalue weighted by Gasteiger charge is -2.26. The Morgan fingerprint density at radius 2 is 1.47 bits per heavy atom. The first-order chi connectivity index (χ1) is 18.1. The number of hydrogen-bond acceptors (Lipinski definition) is 6. The lowest BCUT2D eigenvalue weighted by atomic mass is 10.0. The third kappa shape index (κ3) is 7.40. The number of fused-ring (bicyclic) bond motifs is 1. The van der Waals surface area contributed by atoms with Crippen LogP contribution in [0.1, 0.15) is 25.0 Å². The van der Waals surface area contributed by atoms with Crippen molar-refractivity contribution in [1.82, 2.24) is 20.9 Å². The second-order valence-corrected chi connectivity index (χ2v) is 9.23. The van der Waals surface area contributed by atoms with E-state index in [1.165, 1.54) is 13.8 Å². The molecule has 38 heavy (non-hydrogen) atoms. The first kappa shape index (κ1) is 28.4. The van der Waals surface area contributed by atoms with Crippen LogP contribution in [-0.2, 0) is 32.0 Å². The minimum Gasteiger partial charge on any atom is -0.480 e. The Bertz CT molecular complexity index is 1270. The quantitative estimate of drug-likeness (QED) is 0.177. The molecule has 2 aromatic carbocycles. The molecule has 11 heteroatoms. The minimum absolute atomic E-state index is 0.00994. The zero-order valence-corrected chi connectivity index (χ0v) is 21.2. The van der Waals surface area contributed by atoms with Gasteiger partial charge in [-0.1, -0.05) is 48.5 Å². The number of aliphatic hydroxyl groups is 1. The number of nitrogens with one attached hydrogen (secondary N) is 4. The Kier molecular flexibility index (Phi) is 9.58. The molecule has 0 bridgehead atoms. The molecule has 0 radical (unpaired) electrons. The van der Waals surface area contributed by atoms with Gasteiger partial charge in [0, 0.05) is 29.9 Å². The van der Waals surface area contributed by atoms with Crippen LogP contribution in [0.25, 0.3) is 10.9 Å². The molecule has 11 nitrogen and oxygen atoms in total. The van der Waals surface area contributed by atoms with Gasteiger partial charge in [0.05, 0.1) is 12.1 Å². The van der Waals surface area contributed by atoms with E-state index in [1.54, 1.807) is 36.5 Å². The van der Waals surface area contributed by atoms with E-state index in [2.05, 4.69) is 20.9 Å². The summed E-state index contributed by atoms with van der Waals surface area (Å²) in [5, 5.41) is 28.2. The molecule has 8 N–H and O–H groups in total. The van der Waals surface area contributed by atoms with Crippen LogP contribution in [0.5, 0.6) is 0 Å². The van der Waals surface area contributed by atoms with Gasteiger partial charge in [0.15, 0.2) is 0 Å². The van der Waals surface area contributed by atoms with Crippen molar-refractivity contribution in [1.29, 1.82) is 0 Å². The fourth-order valence-electron chi connectivity index (χ4n) is 4.00. The Labute approximate surface area is 219 Å². The standard InChI is InChI=1S/C27H33N5O6/c1-15(28)24(34)30-21(13-18-14-29-20-11-7-6-10-19(18)20)25(35)32-23(16(2)33)26(36)31-22(27(37)38)12-17-8-4-3-5-9-17/h3-11,14-16,21-23,29,33H,12-13,28H2,1-2H3,(H,30,34)(H,31,36)(H,32,35)(H,37,38). The first-order valence-electron chi connectivity index (χ1n) is 12.2. The van der Waals surface area contributed by atoms with Gasteiger partial charge in [0.25, 0.3) is 0 Å². The molecule has 0 aliphatic carbocycles. The lowest BCUT2D eigenvalue weighted by Crippen LogP contribution is -2.60.